The first-order valence-corrected chi connectivity index (χ1v) is 10.4. The van der Waals surface area contributed by atoms with Crippen LogP contribution < -0.4 is 0 Å². The van der Waals surface area contributed by atoms with Gasteiger partial charge in [-0.1, -0.05) is 23.7 Å². The molecule has 0 saturated carbocycles. The summed E-state index contributed by atoms with van der Waals surface area (Å²) in [5, 5.41) is 10.6. The van der Waals surface area contributed by atoms with Gasteiger partial charge in [-0.25, -0.2) is 0 Å². The maximum Gasteiger partial charge on any atom is 0.376 e. The summed E-state index contributed by atoms with van der Waals surface area (Å²) in [5.41, 5.74) is 1.27. The standard InChI is InChI=1S/C18H29BClNO2S/c1-17(2,3)24(23)14-18(9-11-21(12-10-18)19(4)22)13-15-5-7-16(20)8-6-15/h5-8,22H,9-14H2,1-4H3. The third-order valence-corrected chi connectivity index (χ3v) is 7.49. The highest BCUT2D eigenvalue weighted by molar-refractivity contribution is 7.86. The maximum atomic E-state index is 12.8. The molecule has 1 aromatic rings. The Hall–Kier alpha value is -0.355. The Labute approximate surface area is 154 Å². The van der Waals surface area contributed by atoms with E-state index in [4.69, 9.17) is 11.6 Å². The quantitative estimate of drug-likeness (QED) is 0.806. The van der Waals surface area contributed by atoms with Gasteiger partial charge in [0, 0.05) is 26.3 Å². The van der Waals surface area contributed by atoms with Crippen LogP contribution in [0, 0.1) is 5.41 Å². The number of piperidine rings is 1. The molecule has 1 saturated heterocycles. The maximum absolute atomic E-state index is 12.8. The number of benzene rings is 1. The number of halogens is 1. The molecular weight excluding hydrogens is 341 g/mol. The molecule has 24 heavy (non-hydrogen) atoms. The number of hydrogen-bond donors (Lipinski definition) is 1. The van der Waals surface area contributed by atoms with Gasteiger partial charge in [0.1, 0.15) is 0 Å². The van der Waals surface area contributed by atoms with E-state index in [1.165, 1.54) is 5.56 Å². The van der Waals surface area contributed by atoms with E-state index in [9.17, 15) is 9.23 Å². The van der Waals surface area contributed by atoms with Crippen LogP contribution in [-0.2, 0) is 17.2 Å². The SMILES string of the molecule is CB(O)N1CCC(Cc2ccc(Cl)cc2)(CS(=O)C(C)(C)C)CC1. The summed E-state index contributed by atoms with van der Waals surface area (Å²) in [7, 11) is -1.29. The van der Waals surface area contributed by atoms with Crippen LogP contribution in [0.5, 0.6) is 0 Å². The predicted molar refractivity (Wildman–Crippen MR) is 105 cm³/mol. The van der Waals surface area contributed by atoms with E-state index in [1.807, 2.05) is 39.7 Å². The van der Waals surface area contributed by atoms with Crippen LogP contribution in [0.2, 0.25) is 11.8 Å². The molecule has 1 aliphatic rings. The Morgan fingerprint density at radius 3 is 2.25 bits per heavy atom. The largest absolute Gasteiger partial charge is 0.437 e. The van der Waals surface area contributed by atoms with Gasteiger partial charge < -0.3 is 9.83 Å². The van der Waals surface area contributed by atoms with Crippen molar-refractivity contribution in [2.24, 2.45) is 5.41 Å². The Bertz CT molecular complexity index is 563. The zero-order valence-electron chi connectivity index (χ0n) is 15.2. The van der Waals surface area contributed by atoms with Gasteiger partial charge in [-0.05, 0) is 83.1 Å². The van der Waals surface area contributed by atoms with Gasteiger partial charge in [-0.3, -0.25) is 4.21 Å². The van der Waals surface area contributed by atoms with Gasteiger partial charge in [0.15, 0.2) is 0 Å². The molecule has 1 atom stereocenters. The molecule has 0 aromatic heterocycles. The minimum Gasteiger partial charge on any atom is -0.437 e. The highest BCUT2D eigenvalue weighted by Crippen LogP contribution is 2.38. The van der Waals surface area contributed by atoms with Crippen molar-refractivity contribution in [3.05, 3.63) is 34.9 Å². The molecule has 0 radical (unpaired) electrons. The average Bonchev–Trinajstić information content (AvgIpc) is 2.49. The first-order valence-electron chi connectivity index (χ1n) is 8.66. The second kappa shape index (κ2) is 7.90. The van der Waals surface area contributed by atoms with Gasteiger partial charge in [0.25, 0.3) is 0 Å². The minimum atomic E-state index is -0.881. The summed E-state index contributed by atoms with van der Waals surface area (Å²) in [6.07, 6.45) is 2.84. The molecule has 1 aromatic carbocycles. The summed E-state index contributed by atoms with van der Waals surface area (Å²) in [6.45, 7) is 9.66. The van der Waals surface area contributed by atoms with Gasteiger partial charge in [0.2, 0.25) is 0 Å². The second-order valence-electron chi connectivity index (χ2n) is 8.07. The molecule has 0 aliphatic carbocycles. The van der Waals surface area contributed by atoms with Crippen LogP contribution in [-0.4, -0.2) is 44.7 Å². The Morgan fingerprint density at radius 2 is 1.79 bits per heavy atom. The predicted octanol–water partition coefficient (Wildman–Crippen LogP) is 3.62. The van der Waals surface area contributed by atoms with Crippen molar-refractivity contribution < 1.29 is 9.23 Å². The zero-order valence-corrected chi connectivity index (χ0v) is 16.8. The Kier molecular flexibility index (Phi) is 6.57. The van der Waals surface area contributed by atoms with Crippen molar-refractivity contribution in [2.75, 3.05) is 18.8 Å². The van der Waals surface area contributed by atoms with Gasteiger partial charge >= 0.3 is 7.05 Å². The highest BCUT2D eigenvalue weighted by Gasteiger charge is 2.39. The van der Waals surface area contributed by atoms with E-state index in [0.717, 1.165) is 37.4 Å². The van der Waals surface area contributed by atoms with Crippen LogP contribution >= 0.6 is 11.6 Å². The molecule has 1 heterocycles. The van der Waals surface area contributed by atoms with Crippen molar-refractivity contribution in [1.82, 2.24) is 4.81 Å². The lowest BCUT2D eigenvalue weighted by atomic mass is 9.72. The Balaban J connectivity index is 2.18. The third kappa shape index (κ3) is 5.32. The monoisotopic (exact) mass is 369 g/mol. The summed E-state index contributed by atoms with van der Waals surface area (Å²) >= 11 is 6.00. The van der Waals surface area contributed by atoms with Crippen molar-refractivity contribution in [1.29, 1.82) is 0 Å². The fourth-order valence-electron chi connectivity index (χ4n) is 3.27. The molecule has 6 heteroatoms. The lowest BCUT2D eigenvalue weighted by molar-refractivity contribution is 0.165. The van der Waals surface area contributed by atoms with Crippen LogP contribution in [0.15, 0.2) is 24.3 Å². The minimum absolute atomic E-state index is 0.0252. The number of hydrogen-bond acceptors (Lipinski definition) is 3. The summed E-state index contributed by atoms with van der Waals surface area (Å²) in [4.78, 5) is 2.10. The summed E-state index contributed by atoms with van der Waals surface area (Å²) < 4.78 is 12.6. The first kappa shape index (κ1) is 20.0. The molecule has 1 unspecified atom stereocenters. The van der Waals surface area contributed by atoms with Crippen molar-refractivity contribution in [2.45, 2.75) is 51.6 Å². The molecule has 1 N–H and O–H groups in total. The summed E-state index contributed by atoms with van der Waals surface area (Å²) in [5.74, 6) is 0.715. The molecular formula is C18H29BClNO2S. The molecule has 1 aliphatic heterocycles. The van der Waals surface area contributed by atoms with E-state index in [1.54, 1.807) is 0 Å². The molecule has 0 amide bonds. The molecule has 0 bridgehead atoms. The van der Waals surface area contributed by atoms with E-state index in [-0.39, 0.29) is 10.2 Å². The third-order valence-electron chi connectivity index (χ3n) is 5.00. The fourth-order valence-corrected chi connectivity index (χ4v) is 4.78. The van der Waals surface area contributed by atoms with Crippen LogP contribution in [0.4, 0.5) is 0 Å². The summed E-state index contributed by atoms with van der Waals surface area (Å²) in [6, 6.07) is 8.00. The van der Waals surface area contributed by atoms with Crippen LogP contribution in [0.25, 0.3) is 0 Å². The normalized spacial score (nSPS) is 19.9. The van der Waals surface area contributed by atoms with E-state index in [0.29, 0.717) is 5.75 Å². The van der Waals surface area contributed by atoms with Gasteiger partial charge in [-0.2, -0.15) is 0 Å². The van der Waals surface area contributed by atoms with Crippen molar-refractivity contribution >= 4 is 29.5 Å². The average molecular weight is 370 g/mol. The van der Waals surface area contributed by atoms with Gasteiger partial charge in [0.05, 0.1) is 0 Å². The fraction of sp³-hybridized carbons (Fsp3) is 0.667. The first-order chi connectivity index (χ1) is 11.1. The zero-order chi connectivity index (χ0) is 18.0. The van der Waals surface area contributed by atoms with E-state index < -0.39 is 17.9 Å². The smallest absolute Gasteiger partial charge is 0.376 e. The Morgan fingerprint density at radius 1 is 1.25 bits per heavy atom. The lowest BCUT2D eigenvalue weighted by Crippen LogP contribution is -2.49. The van der Waals surface area contributed by atoms with Crippen molar-refractivity contribution in [3.8, 4) is 0 Å². The topological polar surface area (TPSA) is 40.5 Å². The van der Waals surface area contributed by atoms with E-state index in [2.05, 4.69) is 16.9 Å². The molecule has 1 fully saturated rings. The van der Waals surface area contributed by atoms with E-state index >= 15 is 0 Å². The van der Waals surface area contributed by atoms with Crippen LogP contribution in [0.3, 0.4) is 0 Å². The lowest BCUT2D eigenvalue weighted by Gasteiger charge is -2.43. The molecule has 0 spiro atoms. The number of rotatable bonds is 5. The molecule has 3 nitrogen and oxygen atoms in total. The highest BCUT2D eigenvalue weighted by atomic mass is 35.5. The van der Waals surface area contributed by atoms with Crippen LogP contribution in [0.1, 0.15) is 39.2 Å². The van der Waals surface area contributed by atoms with Gasteiger partial charge in [-0.15, -0.1) is 0 Å². The number of nitrogens with zero attached hydrogens (tertiary/aromatic N) is 1. The molecule has 134 valence electrons. The molecule has 2 rings (SSSR count). The van der Waals surface area contributed by atoms with Crippen molar-refractivity contribution in [3.63, 3.8) is 0 Å². The second-order valence-corrected chi connectivity index (χ2v) is 10.7.